The summed E-state index contributed by atoms with van der Waals surface area (Å²) in [6.45, 7) is 14.3. The lowest BCUT2D eigenvalue weighted by molar-refractivity contribution is 1.14. The Morgan fingerprint density at radius 3 is 0.885 bits per heavy atom. The van der Waals surface area contributed by atoms with Crippen LogP contribution in [0.2, 0.25) is 0 Å². The first kappa shape index (κ1) is 25.9. The fourth-order valence-electron chi connectivity index (χ4n) is 1.78. The first-order valence-corrected chi connectivity index (χ1v) is 9.79. The van der Waals surface area contributed by atoms with Gasteiger partial charge in [0.15, 0.2) is 0 Å². The van der Waals surface area contributed by atoms with Crippen molar-refractivity contribution in [3.8, 4) is 0 Å². The highest BCUT2D eigenvalue weighted by Gasteiger charge is 1.80. The monoisotopic (exact) mass is 350 g/mol. The van der Waals surface area contributed by atoms with Gasteiger partial charge in [0.2, 0.25) is 0 Å². The van der Waals surface area contributed by atoms with E-state index < -0.39 is 0 Å². The van der Waals surface area contributed by atoms with Crippen LogP contribution in [-0.4, -0.2) is 0 Å². The Morgan fingerprint density at radius 2 is 0.731 bits per heavy atom. The third-order valence-corrected chi connectivity index (χ3v) is 3.13. The van der Waals surface area contributed by atoms with Gasteiger partial charge in [-0.3, -0.25) is 0 Å². The molecule has 0 saturated carbocycles. The van der Waals surface area contributed by atoms with Crippen molar-refractivity contribution >= 4 is 0 Å². The van der Waals surface area contributed by atoms with E-state index in [9.17, 15) is 0 Å². The molecule has 0 fully saturated rings. The second kappa shape index (κ2) is 20.7. The fourth-order valence-corrected chi connectivity index (χ4v) is 1.78. The average molecular weight is 351 g/mol. The molecular weight excluding hydrogens is 312 g/mol. The van der Waals surface area contributed by atoms with Gasteiger partial charge in [0.25, 0.3) is 0 Å². The summed E-state index contributed by atoms with van der Waals surface area (Å²) in [7, 11) is 0. The summed E-state index contributed by atoms with van der Waals surface area (Å²) in [4.78, 5) is 0. The minimum atomic E-state index is 1.14. The molecule has 0 aliphatic rings. The van der Waals surface area contributed by atoms with E-state index in [1.807, 2.05) is 70.2 Å². The van der Waals surface area contributed by atoms with Crippen LogP contribution in [0.3, 0.4) is 0 Å². The summed E-state index contributed by atoms with van der Waals surface area (Å²) < 4.78 is 0. The summed E-state index contributed by atoms with van der Waals surface area (Å²) in [5, 5.41) is 0. The van der Waals surface area contributed by atoms with Crippen molar-refractivity contribution in [3.05, 3.63) is 108 Å². The van der Waals surface area contributed by atoms with Gasteiger partial charge in [0.05, 0.1) is 0 Å². The van der Waals surface area contributed by atoms with Crippen LogP contribution in [0.5, 0.6) is 0 Å². The zero-order valence-electron chi connectivity index (χ0n) is 17.9. The molecule has 0 unspecified atom stereocenters. The first-order valence-electron chi connectivity index (χ1n) is 9.79. The van der Waals surface area contributed by atoms with Crippen LogP contribution in [0.1, 0.15) is 51.3 Å². The SMILES string of the molecule is CC.CC.CCc1ccccc1.Cc1ccccc1.Cc1ccccc1. The third kappa shape index (κ3) is 16.5. The fraction of sp³-hybridized carbons (Fsp3) is 0.308. The van der Waals surface area contributed by atoms with Gasteiger partial charge in [-0.25, -0.2) is 0 Å². The lowest BCUT2D eigenvalue weighted by Crippen LogP contribution is -1.73. The van der Waals surface area contributed by atoms with Gasteiger partial charge < -0.3 is 0 Å². The molecule has 142 valence electrons. The quantitative estimate of drug-likeness (QED) is 0.414. The number of hydrogen-bond donors (Lipinski definition) is 0. The minimum Gasteiger partial charge on any atom is -0.0683 e. The van der Waals surface area contributed by atoms with Crippen molar-refractivity contribution in [3.63, 3.8) is 0 Å². The zero-order chi connectivity index (χ0) is 20.0. The molecule has 0 bridgehead atoms. The summed E-state index contributed by atoms with van der Waals surface area (Å²) in [6.07, 6.45) is 1.14. The zero-order valence-corrected chi connectivity index (χ0v) is 17.9. The molecule has 0 spiro atoms. The number of rotatable bonds is 1. The maximum Gasteiger partial charge on any atom is -0.0307 e. The van der Waals surface area contributed by atoms with E-state index in [1.165, 1.54) is 16.7 Å². The predicted molar refractivity (Wildman–Crippen MR) is 121 cm³/mol. The smallest absolute Gasteiger partial charge is 0.0307 e. The van der Waals surface area contributed by atoms with E-state index in [1.54, 1.807) is 0 Å². The highest BCUT2D eigenvalue weighted by Crippen LogP contribution is 1.97. The maximum atomic E-state index is 2.16. The number of hydrogen-bond acceptors (Lipinski definition) is 0. The second-order valence-electron chi connectivity index (χ2n) is 5.15. The van der Waals surface area contributed by atoms with Gasteiger partial charge in [0.1, 0.15) is 0 Å². The molecule has 0 N–H and O–H groups in total. The molecule has 0 radical (unpaired) electrons. The maximum absolute atomic E-state index is 2.16. The minimum absolute atomic E-state index is 1.14. The molecule has 0 heteroatoms. The second-order valence-corrected chi connectivity index (χ2v) is 5.15. The summed E-state index contributed by atoms with van der Waals surface area (Å²) >= 11 is 0. The average Bonchev–Trinajstić information content (AvgIpc) is 2.74. The molecule has 26 heavy (non-hydrogen) atoms. The Morgan fingerprint density at radius 1 is 0.462 bits per heavy atom. The van der Waals surface area contributed by atoms with Gasteiger partial charge in [-0.15, -0.1) is 0 Å². The molecule has 3 aromatic carbocycles. The molecule has 3 aromatic rings. The molecule has 0 aliphatic heterocycles. The van der Waals surface area contributed by atoms with Crippen LogP contribution in [0.25, 0.3) is 0 Å². The van der Waals surface area contributed by atoms with E-state index >= 15 is 0 Å². The highest BCUT2D eigenvalue weighted by molar-refractivity contribution is 5.14. The lowest BCUT2D eigenvalue weighted by Gasteiger charge is -1.89. The molecule has 0 heterocycles. The lowest BCUT2D eigenvalue weighted by atomic mass is 10.2. The number of aryl methyl sites for hydroxylation is 3. The van der Waals surface area contributed by atoms with Gasteiger partial charge in [-0.05, 0) is 25.8 Å². The molecule has 0 aliphatic carbocycles. The Hall–Kier alpha value is -2.34. The normalized spacial score (nSPS) is 7.96. The summed E-state index contributed by atoms with van der Waals surface area (Å²) in [5.41, 5.74) is 4.05. The van der Waals surface area contributed by atoms with Gasteiger partial charge >= 0.3 is 0 Å². The van der Waals surface area contributed by atoms with Crippen LogP contribution in [0.4, 0.5) is 0 Å². The van der Waals surface area contributed by atoms with Crippen molar-refractivity contribution in [2.75, 3.05) is 0 Å². The van der Waals surface area contributed by atoms with Gasteiger partial charge in [-0.1, -0.05) is 137 Å². The Labute approximate surface area is 162 Å². The van der Waals surface area contributed by atoms with E-state index in [2.05, 4.69) is 69.3 Å². The standard InChI is InChI=1S/C8H10.2C7H8.2C2H6/c1-2-8-6-4-3-5-7-8;2*1-7-5-3-2-4-6-7;2*1-2/h3-7H,2H2,1H3;2*2-6H,1H3;2*1-2H3. The van der Waals surface area contributed by atoms with Crippen molar-refractivity contribution in [2.45, 2.75) is 54.9 Å². The van der Waals surface area contributed by atoms with Crippen LogP contribution in [-0.2, 0) is 6.42 Å². The Balaban J connectivity index is 0. The predicted octanol–water partition coefficient (Wildman–Crippen LogP) is 8.29. The van der Waals surface area contributed by atoms with Crippen molar-refractivity contribution in [2.24, 2.45) is 0 Å². The van der Waals surface area contributed by atoms with Gasteiger partial charge in [0, 0.05) is 0 Å². The third-order valence-electron chi connectivity index (χ3n) is 3.13. The van der Waals surface area contributed by atoms with Crippen molar-refractivity contribution < 1.29 is 0 Å². The van der Waals surface area contributed by atoms with Gasteiger partial charge in [-0.2, -0.15) is 0 Å². The topological polar surface area (TPSA) is 0 Å². The molecule has 0 amide bonds. The number of benzene rings is 3. The highest BCUT2D eigenvalue weighted by atomic mass is 13.9. The van der Waals surface area contributed by atoms with E-state index in [0.29, 0.717) is 0 Å². The Kier molecular flexibility index (Phi) is 20.6. The van der Waals surface area contributed by atoms with Crippen molar-refractivity contribution in [1.82, 2.24) is 0 Å². The van der Waals surface area contributed by atoms with Crippen LogP contribution in [0.15, 0.2) is 91.0 Å². The van der Waals surface area contributed by atoms with Crippen LogP contribution >= 0.6 is 0 Å². The van der Waals surface area contributed by atoms with Crippen LogP contribution < -0.4 is 0 Å². The van der Waals surface area contributed by atoms with E-state index in [4.69, 9.17) is 0 Å². The van der Waals surface area contributed by atoms with Crippen LogP contribution in [0, 0.1) is 13.8 Å². The molecular formula is C26H38. The molecule has 0 atom stereocenters. The molecule has 0 aromatic heterocycles. The largest absolute Gasteiger partial charge is 0.0683 e. The molecule has 0 saturated heterocycles. The van der Waals surface area contributed by atoms with Crippen molar-refractivity contribution in [1.29, 1.82) is 0 Å². The van der Waals surface area contributed by atoms with E-state index in [0.717, 1.165) is 6.42 Å². The summed E-state index contributed by atoms with van der Waals surface area (Å²) in [6, 6.07) is 31.0. The van der Waals surface area contributed by atoms with E-state index in [-0.39, 0.29) is 0 Å². The Bertz CT molecular complexity index is 545. The first-order chi connectivity index (χ1) is 12.7. The summed E-state index contributed by atoms with van der Waals surface area (Å²) in [5.74, 6) is 0. The molecule has 3 rings (SSSR count). The molecule has 0 nitrogen and oxygen atoms in total.